The lowest BCUT2D eigenvalue weighted by Crippen LogP contribution is -2.20. The zero-order valence-electron chi connectivity index (χ0n) is 9.46. The second kappa shape index (κ2) is 5.93. The zero-order valence-corrected chi connectivity index (χ0v) is 10.2. The van der Waals surface area contributed by atoms with Gasteiger partial charge in [0.05, 0.1) is 5.02 Å². The summed E-state index contributed by atoms with van der Waals surface area (Å²) in [6, 6.07) is 1.90. The fourth-order valence-corrected chi connectivity index (χ4v) is 1.36. The maximum atomic E-state index is 5.85. The number of rotatable bonds is 5. The summed E-state index contributed by atoms with van der Waals surface area (Å²) in [4.78, 5) is 6.24. The van der Waals surface area contributed by atoms with Crippen molar-refractivity contribution in [1.82, 2.24) is 9.88 Å². The van der Waals surface area contributed by atoms with E-state index in [-0.39, 0.29) is 0 Å². The van der Waals surface area contributed by atoms with Crippen molar-refractivity contribution in [3.8, 4) is 5.88 Å². The van der Waals surface area contributed by atoms with Crippen molar-refractivity contribution in [3.63, 3.8) is 0 Å². The van der Waals surface area contributed by atoms with Crippen molar-refractivity contribution in [2.24, 2.45) is 0 Å². The van der Waals surface area contributed by atoms with Crippen LogP contribution in [0.1, 0.15) is 12.5 Å². The van der Waals surface area contributed by atoms with Gasteiger partial charge in [-0.05, 0) is 26.6 Å². The number of halogens is 1. The summed E-state index contributed by atoms with van der Waals surface area (Å²) < 4.78 is 5.58. The van der Waals surface area contributed by atoms with Crippen LogP contribution in [-0.2, 0) is 6.42 Å². The summed E-state index contributed by atoms with van der Waals surface area (Å²) >= 11 is 5.85. The lowest BCUT2D eigenvalue weighted by molar-refractivity contribution is 0.252. The van der Waals surface area contributed by atoms with Crippen LogP contribution in [0.2, 0.25) is 5.02 Å². The van der Waals surface area contributed by atoms with Gasteiger partial charge in [0.25, 0.3) is 0 Å². The minimum atomic E-state index is 0.647. The van der Waals surface area contributed by atoms with E-state index in [1.165, 1.54) is 0 Å². The van der Waals surface area contributed by atoms with Gasteiger partial charge in [0.15, 0.2) is 0 Å². The molecule has 15 heavy (non-hydrogen) atoms. The van der Waals surface area contributed by atoms with Crippen molar-refractivity contribution >= 4 is 11.6 Å². The molecule has 0 saturated carbocycles. The van der Waals surface area contributed by atoms with E-state index in [1.54, 1.807) is 6.20 Å². The molecule has 84 valence electrons. The molecule has 0 aliphatic heterocycles. The highest BCUT2D eigenvalue weighted by molar-refractivity contribution is 6.30. The van der Waals surface area contributed by atoms with E-state index in [0.717, 1.165) is 18.5 Å². The van der Waals surface area contributed by atoms with Crippen LogP contribution in [0, 0.1) is 0 Å². The number of hydrogen-bond acceptors (Lipinski definition) is 3. The summed E-state index contributed by atoms with van der Waals surface area (Å²) in [6.45, 7) is 3.59. The topological polar surface area (TPSA) is 25.4 Å². The van der Waals surface area contributed by atoms with E-state index in [4.69, 9.17) is 16.3 Å². The lowest BCUT2D eigenvalue weighted by Gasteiger charge is -2.12. The van der Waals surface area contributed by atoms with E-state index in [2.05, 4.69) is 16.8 Å². The standard InChI is InChI=1S/C11H17ClN2O/c1-4-9-7-10(12)8-13-11(9)15-6-5-14(2)3/h7-8H,4-6H2,1-3H3. The number of ether oxygens (including phenoxy) is 1. The van der Waals surface area contributed by atoms with Crippen LogP contribution in [0.3, 0.4) is 0 Å². The average Bonchev–Trinajstić information content (AvgIpc) is 2.19. The van der Waals surface area contributed by atoms with Gasteiger partial charge in [-0.25, -0.2) is 4.98 Å². The highest BCUT2D eigenvalue weighted by Gasteiger charge is 2.04. The molecule has 1 heterocycles. The predicted octanol–water partition coefficient (Wildman–Crippen LogP) is 2.24. The van der Waals surface area contributed by atoms with E-state index < -0.39 is 0 Å². The fourth-order valence-electron chi connectivity index (χ4n) is 1.18. The number of aromatic nitrogens is 1. The Morgan fingerprint density at radius 1 is 1.47 bits per heavy atom. The summed E-state index contributed by atoms with van der Waals surface area (Å²) in [5, 5.41) is 0.659. The molecule has 3 nitrogen and oxygen atoms in total. The molecular formula is C11H17ClN2O. The van der Waals surface area contributed by atoms with Crippen LogP contribution in [0.25, 0.3) is 0 Å². The van der Waals surface area contributed by atoms with Gasteiger partial charge in [-0.15, -0.1) is 0 Å². The number of nitrogens with zero attached hydrogens (tertiary/aromatic N) is 2. The summed E-state index contributed by atoms with van der Waals surface area (Å²) in [5.41, 5.74) is 1.06. The molecule has 4 heteroatoms. The predicted molar refractivity (Wildman–Crippen MR) is 62.7 cm³/mol. The Morgan fingerprint density at radius 2 is 2.20 bits per heavy atom. The van der Waals surface area contributed by atoms with Crippen molar-refractivity contribution in [2.45, 2.75) is 13.3 Å². The summed E-state index contributed by atoms with van der Waals surface area (Å²) in [5.74, 6) is 0.698. The Bertz CT molecular complexity index is 315. The molecule has 0 fully saturated rings. The first-order valence-electron chi connectivity index (χ1n) is 5.05. The second-order valence-corrected chi connectivity index (χ2v) is 4.06. The first kappa shape index (κ1) is 12.3. The molecule has 0 aromatic carbocycles. The Morgan fingerprint density at radius 3 is 2.80 bits per heavy atom. The molecule has 0 amide bonds. The monoisotopic (exact) mass is 228 g/mol. The number of aryl methyl sites for hydroxylation is 1. The maximum absolute atomic E-state index is 5.85. The molecule has 1 aromatic rings. The minimum absolute atomic E-state index is 0.647. The number of pyridine rings is 1. The Kier molecular flexibility index (Phi) is 4.85. The Balaban J connectivity index is 2.60. The molecule has 0 saturated heterocycles. The molecule has 0 atom stereocenters. The summed E-state index contributed by atoms with van der Waals surface area (Å²) in [6.07, 6.45) is 2.50. The van der Waals surface area contributed by atoms with Gasteiger partial charge in [-0.3, -0.25) is 0 Å². The molecule has 0 aliphatic carbocycles. The third kappa shape index (κ3) is 4.06. The normalized spacial score (nSPS) is 10.7. The maximum Gasteiger partial charge on any atom is 0.216 e. The van der Waals surface area contributed by atoms with Gasteiger partial charge >= 0.3 is 0 Å². The van der Waals surface area contributed by atoms with E-state index in [9.17, 15) is 0 Å². The van der Waals surface area contributed by atoms with Crippen LogP contribution in [0.5, 0.6) is 5.88 Å². The number of likely N-dealkylation sites (N-methyl/N-ethyl adjacent to an activating group) is 1. The summed E-state index contributed by atoms with van der Waals surface area (Å²) in [7, 11) is 4.03. The van der Waals surface area contributed by atoms with Gasteiger partial charge in [0.2, 0.25) is 5.88 Å². The molecular weight excluding hydrogens is 212 g/mol. The molecule has 0 radical (unpaired) electrons. The van der Waals surface area contributed by atoms with Crippen molar-refractivity contribution in [2.75, 3.05) is 27.2 Å². The molecule has 0 spiro atoms. The second-order valence-electron chi connectivity index (χ2n) is 3.62. The largest absolute Gasteiger partial charge is 0.476 e. The van der Waals surface area contributed by atoms with Crippen LogP contribution in [0.15, 0.2) is 12.3 Å². The van der Waals surface area contributed by atoms with Gasteiger partial charge in [-0.2, -0.15) is 0 Å². The van der Waals surface area contributed by atoms with Gasteiger partial charge in [0, 0.05) is 18.3 Å². The first-order chi connectivity index (χ1) is 7.13. The smallest absolute Gasteiger partial charge is 0.216 e. The third-order valence-corrected chi connectivity index (χ3v) is 2.26. The van der Waals surface area contributed by atoms with E-state index >= 15 is 0 Å². The molecule has 0 bridgehead atoms. The van der Waals surface area contributed by atoms with Gasteiger partial charge in [0.1, 0.15) is 6.61 Å². The van der Waals surface area contributed by atoms with Crippen molar-refractivity contribution < 1.29 is 4.74 Å². The zero-order chi connectivity index (χ0) is 11.3. The highest BCUT2D eigenvalue weighted by atomic mass is 35.5. The van der Waals surface area contributed by atoms with E-state index in [0.29, 0.717) is 17.5 Å². The Labute approximate surface area is 96.0 Å². The molecule has 0 N–H and O–H groups in total. The molecule has 0 aliphatic rings. The minimum Gasteiger partial charge on any atom is -0.476 e. The van der Waals surface area contributed by atoms with E-state index in [1.807, 2.05) is 20.2 Å². The number of hydrogen-bond donors (Lipinski definition) is 0. The van der Waals surface area contributed by atoms with Gasteiger partial charge < -0.3 is 9.64 Å². The van der Waals surface area contributed by atoms with Crippen LogP contribution in [0.4, 0.5) is 0 Å². The third-order valence-electron chi connectivity index (χ3n) is 2.05. The first-order valence-corrected chi connectivity index (χ1v) is 5.43. The fraction of sp³-hybridized carbons (Fsp3) is 0.545. The van der Waals surface area contributed by atoms with Crippen LogP contribution in [-0.4, -0.2) is 37.1 Å². The van der Waals surface area contributed by atoms with Crippen LogP contribution < -0.4 is 4.74 Å². The van der Waals surface area contributed by atoms with Crippen molar-refractivity contribution in [3.05, 3.63) is 22.8 Å². The quantitative estimate of drug-likeness (QED) is 0.773. The Hall–Kier alpha value is -0.800. The molecule has 0 unspecified atom stereocenters. The average molecular weight is 229 g/mol. The lowest BCUT2D eigenvalue weighted by atomic mass is 10.2. The SMILES string of the molecule is CCc1cc(Cl)cnc1OCCN(C)C. The van der Waals surface area contributed by atoms with Crippen molar-refractivity contribution in [1.29, 1.82) is 0 Å². The van der Waals surface area contributed by atoms with Crippen LogP contribution >= 0.6 is 11.6 Å². The highest BCUT2D eigenvalue weighted by Crippen LogP contribution is 2.19. The van der Waals surface area contributed by atoms with Gasteiger partial charge in [-0.1, -0.05) is 18.5 Å². The molecule has 1 aromatic heterocycles. The molecule has 1 rings (SSSR count).